The number of nitrogens with one attached hydrogen (secondary N) is 1. The zero-order valence-corrected chi connectivity index (χ0v) is 16.5. The molecular formula is C21H21N6S+. The fraction of sp³-hybridized carbons (Fsp3) is 0.238. The molecule has 0 amide bonds. The molecule has 1 unspecified atom stereocenters. The molecule has 0 fully saturated rings. The summed E-state index contributed by atoms with van der Waals surface area (Å²) in [4.78, 5) is 5.41. The van der Waals surface area contributed by atoms with Crippen LogP contribution in [0.2, 0.25) is 0 Å². The molecule has 0 aliphatic rings. The van der Waals surface area contributed by atoms with Gasteiger partial charge < -0.3 is 4.90 Å². The van der Waals surface area contributed by atoms with Gasteiger partial charge in [0, 0.05) is 23.3 Å². The van der Waals surface area contributed by atoms with E-state index in [9.17, 15) is 0 Å². The standard InChI is InChI=1S/C21H20N6S/c1-16-12-20-24-26(21(28)27(20)19-8-3-2-7-18(16)19)15-25(11-5-9-22)14-17-6-4-10-23-13-17/h2-4,6-8,10,12-13H,5,11,14-15H2,1H3/p+1. The Labute approximate surface area is 168 Å². The van der Waals surface area contributed by atoms with E-state index in [4.69, 9.17) is 22.6 Å². The Bertz CT molecular complexity index is 1220. The summed E-state index contributed by atoms with van der Waals surface area (Å²) < 4.78 is 4.58. The SMILES string of the molecule is Cc1cc2nn(C[NH+](CCC#N)Cc3cccnc3)c(=S)n2c2ccccc12. The average Bonchev–Trinajstić information content (AvgIpc) is 3.02. The normalized spacial score (nSPS) is 12.3. The second-order valence-corrected chi connectivity index (χ2v) is 7.29. The van der Waals surface area contributed by atoms with Crippen LogP contribution in [0.25, 0.3) is 16.6 Å². The lowest BCUT2D eigenvalue weighted by Crippen LogP contribution is -3.10. The van der Waals surface area contributed by atoms with Crippen molar-refractivity contribution < 1.29 is 4.90 Å². The zero-order chi connectivity index (χ0) is 19.5. The Kier molecular flexibility index (Phi) is 5.15. The maximum atomic E-state index is 9.04. The largest absolute Gasteiger partial charge is 0.312 e. The number of nitrogens with zero attached hydrogens (tertiary/aromatic N) is 5. The van der Waals surface area contributed by atoms with Gasteiger partial charge in [-0.1, -0.05) is 24.3 Å². The van der Waals surface area contributed by atoms with Gasteiger partial charge in [-0.25, -0.2) is 0 Å². The van der Waals surface area contributed by atoms with Crippen molar-refractivity contribution in [3.8, 4) is 6.07 Å². The third-order valence-electron chi connectivity index (χ3n) is 4.92. The van der Waals surface area contributed by atoms with Crippen LogP contribution < -0.4 is 4.90 Å². The summed E-state index contributed by atoms with van der Waals surface area (Å²) in [6.07, 6.45) is 4.12. The Morgan fingerprint density at radius 2 is 2.07 bits per heavy atom. The minimum absolute atomic E-state index is 0.484. The molecular weight excluding hydrogens is 368 g/mol. The van der Waals surface area contributed by atoms with E-state index in [1.54, 1.807) is 6.20 Å². The minimum Gasteiger partial charge on any atom is -0.312 e. The second-order valence-electron chi connectivity index (χ2n) is 6.92. The van der Waals surface area contributed by atoms with Crippen LogP contribution in [-0.4, -0.2) is 25.7 Å². The summed E-state index contributed by atoms with van der Waals surface area (Å²) >= 11 is 5.77. The topological polar surface area (TPSA) is 63.3 Å². The molecule has 0 radical (unpaired) electrons. The molecule has 140 valence electrons. The van der Waals surface area contributed by atoms with E-state index in [-0.39, 0.29) is 0 Å². The fourth-order valence-electron chi connectivity index (χ4n) is 3.58. The maximum Gasteiger partial charge on any atom is 0.207 e. The first-order chi connectivity index (χ1) is 13.7. The molecule has 6 nitrogen and oxygen atoms in total. The van der Waals surface area contributed by atoms with Gasteiger partial charge in [0.1, 0.15) is 6.54 Å². The third kappa shape index (κ3) is 3.52. The Morgan fingerprint density at radius 1 is 1.21 bits per heavy atom. The highest BCUT2D eigenvalue weighted by molar-refractivity contribution is 7.71. The number of fused-ring (bicyclic) bond motifs is 3. The molecule has 3 heterocycles. The van der Waals surface area contributed by atoms with Crippen molar-refractivity contribution in [2.45, 2.75) is 26.6 Å². The number of nitriles is 1. The van der Waals surface area contributed by atoms with Gasteiger partial charge in [-0.2, -0.15) is 9.94 Å². The number of hydrogen-bond donors (Lipinski definition) is 1. The van der Waals surface area contributed by atoms with Gasteiger partial charge in [0.05, 0.1) is 24.6 Å². The monoisotopic (exact) mass is 389 g/mol. The number of aromatic nitrogens is 4. The molecule has 1 aromatic carbocycles. The lowest BCUT2D eigenvalue weighted by molar-refractivity contribution is -0.936. The molecule has 0 aliphatic carbocycles. The van der Waals surface area contributed by atoms with E-state index in [1.807, 2.05) is 33.5 Å². The highest BCUT2D eigenvalue weighted by atomic mass is 32.1. The Morgan fingerprint density at radius 3 is 2.86 bits per heavy atom. The first-order valence-corrected chi connectivity index (χ1v) is 9.65. The molecule has 3 aromatic heterocycles. The summed E-state index contributed by atoms with van der Waals surface area (Å²) in [7, 11) is 0. The van der Waals surface area contributed by atoms with Crippen molar-refractivity contribution in [1.82, 2.24) is 19.2 Å². The quantitative estimate of drug-likeness (QED) is 0.515. The van der Waals surface area contributed by atoms with Gasteiger partial charge in [-0.05, 0) is 42.9 Å². The molecule has 0 aliphatic heterocycles. The van der Waals surface area contributed by atoms with Gasteiger partial charge in [0.15, 0.2) is 12.3 Å². The van der Waals surface area contributed by atoms with Crippen molar-refractivity contribution >= 4 is 28.8 Å². The van der Waals surface area contributed by atoms with Crippen LogP contribution in [0.3, 0.4) is 0 Å². The average molecular weight is 390 g/mol. The number of para-hydroxylation sites is 1. The van der Waals surface area contributed by atoms with Crippen molar-refractivity contribution in [2.24, 2.45) is 0 Å². The van der Waals surface area contributed by atoms with Crippen LogP contribution in [0, 0.1) is 23.0 Å². The van der Waals surface area contributed by atoms with Crippen LogP contribution >= 0.6 is 12.2 Å². The third-order valence-corrected chi connectivity index (χ3v) is 5.31. The summed E-state index contributed by atoms with van der Waals surface area (Å²) in [6.45, 7) is 4.19. The molecule has 4 rings (SSSR count). The molecule has 7 heteroatoms. The lowest BCUT2D eigenvalue weighted by Gasteiger charge is -2.17. The molecule has 0 saturated carbocycles. The Hall–Kier alpha value is -3.08. The highest BCUT2D eigenvalue weighted by Gasteiger charge is 2.15. The predicted octanol–water partition coefficient (Wildman–Crippen LogP) is 2.68. The smallest absolute Gasteiger partial charge is 0.207 e. The minimum atomic E-state index is 0.484. The van der Waals surface area contributed by atoms with Gasteiger partial charge in [-0.3, -0.25) is 9.38 Å². The van der Waals surface area contributed by atoms with E-state index in [0.29, 0.717) is 17.9 Å². The summed E-state index contributed by atoms with van der Waals surface area (Å²) in [5, 5.41) is 15.0. The van der Waals surface area contributed by atoms with E-state index in [1.165, 1.54) is 15.8 Å². The highest BCUT2D eigenvalue weighted by Crippen LogP contribution is 2.21. The van der Waals surface area contributed by atoms with Gasteiger partial charge in [0.25, 0.3) is 0 Å². The molecule has 4 aromatic rings. The number of pyridine rings is 2. The zero-order valence-electron chi connectivity index (χ0n) is 15.7. The van der Waals surface area contributed by atoms with Crippen LogP contribution in [0.1, 0.15) is 17.5 Å². The van der Waals surface area contributed by atoms with Gasteiger partial charge in [-0.15, -0.1) is 5.10 Å². The fourth-order valence-corrected chi connectivity index (χ4v) is 3.88. The summed E-state index contributed by atoms with van der Waals surface area (Å²) in [5.74, 6) is 0. The van der Waals surface area contributed by atoms with Crippen LogP contribution in [0.5, 0.6) is 0 Å². The van der Waals surface area contributed by atoms with E-state index in [0.717, 1.165) is 29.8 Å². The summed E-state index contributed by atoms with van der Waals surface area (Å²) in [6, 6.07) is 16.6. The van der Waals surface area contributed by atoms with Crippen LogP contribution in [-0.2, 0) is 13.2 Å². The summed E-state index contributed by atoms with van der Waals surface area (Å²) in [5.41, 5.74) is 4.23. The van der Waals surface area contributed by atoms with Crippen molar-refractivity contribution in [1.29, 1.82) is 5.26 Å². The van der Waals surface area contributed by atoms with E-state index < -0.39 is 0 Å². The first-order valence-electron chi connectivity index (χ1n) is 9.24. The maximum absolute atomic E-state index is 9.04. The van der Waals surface area contributed by atoms with E-state index >= 15 is 0 Å². The number of rotatable bonds is 6. The number of aryl methyl sites for hydroxylation is 1. The van der Waals surface area contributed by atoms with Gasteiger partial charge >= 0.3 is 0 Å². The lowest BCUT2D eigenvalue weighted by atomic mass is 10.1. The van der Waals surface area contributed by atoms with Crippen LogP contribution in [0.15, 0.2) is 54.9 Å². The predicted molar refractivity (Wildman–Crippen MR) is 110 cm³/mol. The van der Waals surface area contributed by atoms with Crippen LogP contribution in [0.4, 0.5) is 0 Å². The van der Waals surface area contributed by atoms with Gasteiger partial charge in [0.2, 0.25) is 4.77 Å². The second kappa shape index (κ2) is 7.89. The first kappa shape index (κ1) is 18.3. The molecule has 0 spiro atoms. The van der Waals surface area contributed by atoms with Crippen molar-refractivity contribution in [2.75, 3.05) is 6.54 Å². The molecule has 0 saturated heterocycles. The molecule has 0 bridgehead atoms. The van der Waals surface area contributed by atoms with Crippen molar-refractivity contribution in [3.63, 3.8) is 0 Å². The molecule has 28 heavy (non-hydrogen) atoms. The number of hydrogen-bond acceptors (Lipinski definition) is 4. The Balaban J connectivity index is 1.73. The molecule has 1 N–H and O–H groups in total. The van der Waals surface area contributed by atoms with Crippen molar-refractivity contribution in [3.05, 3.63) is 70.8 Å². The number of benzene rings is 1. The molecule has 1 atom stereocenters. The van der Waals surface area contributed by atoms with E-state index in [2.05, 4.69) is 42.2 Å². The number of quaternary nitrogens is 1.